The lowest BCUT2D eigenvalue weighted by molar-refractivity contribution is 0.185. The first-order valence-corrected chi connectivity index (χ1v) is 6.83. The molecule has 0 amide bonds. The molecule has 0 aliphatic heterocycles. The number of hydrogen-bond donors (Lipinski definition) is 1. The van der Waals surface area contributed by atoms with Crippen molar-refractivity contribution in [2.75, 3.05) is 19.3 Å². The number of pyridine rings is 1. The molecule has 1 fully saturated rings. The van der Waals surface area contributed by atoms with Gasteiger partial charge < -0.3 is 15.2 Å². The fourth-order valence-corrected chi connectivity index (χ4v) is 2.69. The quantitative estimate of drug-likeness (QED) is 0.883. The fraction of sp³-hybridized carbons (Fsp3) is 0.643. The van der Waals surface area contributed by atoms with Crippen molar-refractivity contribution in [3.8, 4) is 0 Å². The maximum atomic E-state index is 11.6. The van der Waals surface area contributed by atoms with Gasteiger partial charge in [-0.15, -0.1) is 0 Å². The van der Waals surface area contributed by atoms with Crippen molar-refractivity contribution in [2.24, 2.45) is 0 Å². The minimum atomic E-state index is 0.0289. The number of nitrogens with zero attached hydrogens (tertiary/aromatic N) is 2. The van der Waals surface area contributed by atoms with Gasteiger partial charge in [0.05, 0.1) is 0 Å². The first-order valence-electron chi connectivity index (χ1n) is 6.83. The molecule has 1 aliphatic rings. The Morgan fingerprint density at radius 1 is 1.33 bits per heavy atom. The highest BCUT2D eigenvalue weighted by atomic mass is 16.1. The van der Waals surface area contributed by atoms with Crippen LogP contribution in [0.2, 0.25) is 0 Å². The number of hydrogen-bond acceptors (Lipinski definition) is 3. The Morgan fingerprint density at radius 3 is 2.78 bits per heavy atom. The normalized spacial score (nSPS) is 17.2. The summed E-state index contributed by atoms with van der Waals surface area (Å²) >= 11 is 0. The summed E-state index contributed by atoms with van der Waals surface area (Å²) in [7, 11) is 2.16. The Labute approximate surface area is 108 Å². The van der Waals surface area contributed by atoms with Crippen LogP contribution in [0.15, 0.2) is 23.1 Å². The van der Waals surface area contributed by atoms with Crippen LogP contribution >= 0.6 is 0 Å². The van der Waals surface area contributed by atoms with Crippen molar-refractivity contribution in [2.45, 2.75) is 44.7 Å². The molecule has 0 atom stereocenters. The van der Waals surface area contributed by atoms with Gasteiger partial charge in [-0.05, 0) is 26.0 Å². The third-order valence-electron chi connectivity index (χ3n) is 3.90. The van der Waals surface area contributed by atoms with E-state index in [1.807, 2.05) is 0 Å². The lowest BCUT2D eigenvalue weighted by Crippen LogP contribution is -2.37. The van der Waals surface area contributed by atoms with Gasteiger partial charge >= 0.3 is 0 Å². The van der Waals surface area contributed by atoms with Crippen molar-refractivity contribution < 1.29 is 0 Å². The van der Waals surface area contributed by atoms with E-state index in [2.05, 4.69) is 11.9 Å². The van der Waals surface area contributed by atoms with Crippen LogP contribution in [0.1, 0.15) is 32.1 Å². The van der Waals surface area contributed by atoms with Gasteiger partial charge in [0.25, 0.3) is 5.56 Å². The first kappa shape index (κ1) is 13.1. The third-order valence-corrected chi connectivity index (χ3v) is 3.90. The molecule has 1 saturated carbocycles. The summed E-state index contributed by atoms with van der Waals surface area (Å²) in [6.07, 6.45) is 8.38. The third kappa shape index (κ3) is 3.35. The molecule has 0 bridgehead atoms. The molecule has 1 aliphatic carbocycles. The van der Waals surface area contributed by atoms with E-state index in [0.29, 0.717) is 11.7 Å². The number of anilines is 1. The second kappa shape index (κ2) is 6.05. The van der Waals surface area contributed by atoms with Crippen LogP contribution in [-0.2, 0) is 6.54 Å². The van der Waals surface area contributed by atoms with Crippen LogP contribution in [0.25, 0.3) is 0 Å². The topological polar surface area (TPSA) is 51.3 Å². The number of nitrogens with two attached hydrogens (primary N) is 1. The summed E-state index contributed by atoms with van der Waals surface area (Å²) in [6, 6.07) is 3.88. The molecule has 18 heavy (non-hydrogen) atoms. The monoisotopic (exact) mass is 249 g/mol. The Hall–Kier alpha value is -1.29. The Bertz CT molecular complexity index is 435. The van der Waals surface area contributed by atoms with Crippen molar-refractivity contribution in [3.63, 3.8) is 0 Å². The van der Waals surface area contributed by atoms with E-state index >= 15 is 0 Å². The Morgan fingerprint density at radius 2 is 2.06 bits per heavy atom. The standard InChI is InChI=1S/C14H23N3O/c1-16(13-5-3-2-4-6-13)9-10-17-11-12(15)7-8-14(17)18/h7-8,11,13H,2-6,9-10,15H2,1H3. The average Bonchev–Trinajstić information content (AvgIpc) is 2.40. The zero-order valence-electron chi connectivity index (χ0n) is 11.1. The van der Waals surface area contributed by atoms with Gasteiger partial charge in [-0.1, -0.05) is 19.3 Å². The summed E-state index contributed by atoms with van der Waals surface area (Å²) in [5.74, 6) is 0. The van der Waals surface area contributed by atoms with E-state index in [0.717, 1.165) is 13.1 Å². The Kier molecular flexibility index (Phi) is 4.42. The minimum absolute atomic E-state index is 0.0289. The SMILES string of the molecule is CN(CCn1cc(N)ccc1=O)C1CCCCC1. The molecule has 1 aromatic rings. The van der Waals surface area contributed by atoms with Gasteiger partial charge in [-0.2, -0.15) is 0 Å². The average molecular weight is 249 g/mol. The number of aromatic nitrogens is 1. The largest absolute Gasteiger partial charge is 0.398 e. The summed E-state index contributed by atoms with van der Waals surface area (Å²) < 4.78 is 1.70. The van der Waals surface area contributed by atoms with E-state index in [1.54, 1.807) is 16.8 Å². The van der Waals surface area contributed by atoms with Crippen LogP contribution in [0.4, 0.5) is 5.69 Å². The minimum Gasteiger partial charge on any atom is -0.398 e. The molecular weight excluding hydrogens is 226 g/mol. The zero-order chi connectivity index (χ0) is 13.0. The van der Waals surface area contributed by atoms with Gasteiger partial charge in [0.2, 0.25) is 0 Å². The second-order valence-corrected chi connectivity index (χ2v) is 5.27. The summed E-state index contributed by atoms with van der Waals surface area (Å²) in [6.45, 7) is 1.63. The van der Waals surface area contributed by atoms with Gasteiger partial charge in [-0.25, -0.2) is 0 Å². The highest BCUT2D eigenvalue weighted by Gasteiger charge is 2.17. The van der Waals surface area contributed by atoms with Crippen molar-refractivity contribution >= 4 is 5.69 Å². The summed E-state index contributed by atoms with van der Waals surface area (Å²) in [4.78, 5) is 14.0. The van der Waals surface area contributed by atoms with Crippen molar-refractivity contribution in [1.82, 2.24) is 9.47 Å². The van der Waals surface area contributed by atoms with Crippen LogP contribution in [-0.4, -0.2) is 29.1 Å². The number of likely N-dealkylation sites (N-methyl/N-ethyl adjacent to an activating group) is 1. The maximum absolute atomic E-state index is 11.6. The molecule has 0 saturated heterocycles. The fourth-order valence-electron chi connectivity index (χ4n) is 2.69. The smallest absolute Gasteiger partial charge is 0.250 e. The molecule has 4 heteroatoms. The maximum Gasteiger partial charge on any atom is 0.250 e. The van der Waals surface area contributed by atoms with Gasteiger partial charge in [0.15, 0.2) is 0 Å². The van der Waals surface area contributed by atoms with Gasteiger partial charge in [0.1, 0.15) is 0 Å². The van der Waals surface area contributed by atoms with E-state index in [1.165, 1.54) is 38.2 Å². The van der Waals surface area contributed by atoms with Crippen LogP contribution in [0, 0.1) is 0 Å². The molecule has 0 radical (unpaired) electrons. The molecule has 0 unspecified atom stereocenters. The van der Waals surface area contributed by atoms with E-state index in [4.69, 9.17) is 5.73 Å². The van der Waals surface area contributed by atoms with Gasteiger partial charge in [-0.3, -0.25) is 4.79 Å². The first-order chi connectivity index (χ1) is 8.66. The lowest BCUT2D eigenvalue weighted by atomic mass is 9.94. The molecule has 0 spiro atoms. The van der Waals surface area contributed by atoms with Crippen LogP contribution < -0.4 is 11.3 Å². The number of rotatable bonds is 4. The van der Waals surface area contributed by atoms with E-state index in [-0.39, 0.29) is 5.56 Å². The molecule has 1 aromatic heterocycles. The zero-order valence-corrected chi connectivity index (χ0v) is 11.1. The van der Waals surface area contributed by atoms with E-state index < -0.39 is 0 Å². The van der Waals surface area contributed by atoms with Crippen molar-refractivity contribution in [3.05, 3.63) is 28.7 Å². The predicted octanol–water partition coefficient (Wildman–Crippen LogP) is 1.69. The predicted molar refractivity (Wildman–Crippen MR) is 74.6 cm³/mol. The van der Waals surface area contributed by atoms with Crippen LogP contribution in [0.3, 0.4) is 0 Å². The molecule has 2 N–H and O–H groups in total. The molecule has 4 nitrogen and oxygen atoms in total. The Balaban J connectivity index is 1.90. The molecule has 1 heterocycles. The number of nitrogen functional groups attached to an aromatic ring is 1. The van der Waals surface area contributed by atoms with Crippen LogP contribution in [0.5, 0.6) is 0 Å². The highest BCUT2D eigenvalue weighted by Crippen LogP contribution is 2.21. The molecule has 100 valence electrons. The van der Waals surface area contributed by atoms with Gasteiger partial charge in [0, 0.05) is 37.1 Å². The summed E-state index contributed by atoms with van der Waals surface area (Å²) in [5, 5.41) is 0. The summed E-state index contributed by atoms with van der Waals surface area (Å²) in [5.41, 5.74) is 6.38. The van der Waals surface area contributed by atoms with E-state index in [9.17, 15) is 4.79 Å². The second-order valence-electron chi connectivity index (χ2n) is 5.27. The molecule has 0 aromatic carbocycles. The molecule has 2 rings (SSSR count). The highest BCUT2D eigenvalue weighted by molar-refractivity contribution is 5.33. The lowest BCUT2D eigenvalue weighted by Gasteiger charge is -2.31. The molecular formula is C14H23N3O. The van der Waals surface area contributed by atoms with Crippen molar-refractivity contribution in [1.29, 1.82) is 0 Å².